The van der Waals surface area contributed by atoms with Gasteiger partial charge in [-0.2, -0.15) is 4.98 Å². The molecule has 0 amide bonds. The van der Waals surface area contributed by atoms with Crippen molar-refractivity contribution in [3.8, 4) is 0 Å². The second-order valence-electron chi connectivity index (χ2n) is 3.08. The molecule has 0 aliphatic rings. The minimum absolute atomic E-state index is 0.260. The number of nitrogens with one attached hydrogen (secondary N) is 1. The summed E-state index contributed by atoms with van der Waals surface area (Å²) >= 11 is 6.48. The molecule has 0 unspecified atom stereocenters. The van der Waals surface area contributed by atoms with Gasteiger partial charge < -0.3 is 4.52 Å². The third-order valence-electron chi connectivity index (χ3n) is 1.94. The Balaban J connectivity index is 2.05. The number of hydrogen-bond donors (Lipinski definition) is 1. The van der Waals surface area contributed by atoms with E-state index in [4.69, 9.17) is 16.7 Å². The van der Waals surface area contributed by atoms with Crippen LogP contribution in [-0.4, -0.2) is 10.1 Å². The van der Waals surface area contributed by atoms with Crippen LogP contribution >= 0.6 is 24.0 Å². The first-order valence-corrected chi connectivity index (χ1v) is 5.88. The molecule has 1 aromatic carbocycles. The molecule has 0 atom stereocenters. The van der Waals surface area contributed by atoms with Crippen molar-refractivity contribution in [2.24, 2.45) is 0 Å². The molecule has 0 saturated heterocycles. The van der Waals surface area contributed by atoms with Gasteiger partial charge in [0.25, 0.3) is 0 Å². The highest BCUT2D eigenvalue weighted by Crippen LogP contribution is 2.24. The van der Waals surface area contributed by atoms with Gasteiger partial charge in [-0.3, -0.25) is 0 Å². The van der Waals surface area contributed by atoms with E-state index in [0.29, 0.717) is 0 Å². The topological polar surface area (TPSA) is 41.8 Å². The molecule has 78 valence electrons. The van der Waals surface area contributed by atoms with Gasteiger partial charge in [0.15, 0.2) is 5.82 Å². The van der Waals surface area contributed by atoms with Crippen LogP contribution in [0.15, 0.2) is 33.7 Å². The van der Waals surface area contributed by atoms with E-state index in [-0.39, 0.29) is 4.84 Å². The minimum atomic E-state index is 0.260. The lowest BCUT2D eigenvalue weighted by atomic mass is 10.2. The highest BCUT2D eigenvalue weighted by Gasteiger charge is 2.01. The van der Waals surface area contributed by atoms with E-state index in [1.807, 2.05) is 12.1 Å². The summed E-state index contributed by atoms with van der Waals surface area (Å²) in [5, 5.41) is 2.68. The van der Waals surface area contributed by atoms with Crippen molar-refractivity contribution in [2.45, 2.75) is 17.6 Å². The van der Waals surface area contributed by atoms with Gasteiger partial charge >= 0.3 is 4.84 Å². The summed E-state index contributed by atoms with van der Waals surface area (Å²) in [7, 11) is 0. The number of hydrogen-bond acceptors (Lipinski definition) is 4. The van der Waals surface area contributed by atoms with Crippen LogP contribution in [0.4, 0.5) is 0 Å². The van der Waals surface area contributed by atoms with Crippen molar-refractivity contribution >= 4 is 24.0 Å². The Morgan fingerprint density at radius 2 is 2.27 bits per heavy atom. The van der Waals surface area contributed by atoms with Gasteiger partial charge in [0.05, 0.1) is 5.75 Å². The van der Waals surface area contributed by atoms with Gasteiger partial charge in [0.1, 0.15) is 0 Å². The monoisotopic (exact) mass is 238 g/mol. The molecule has 1 N–H and O–H groups in total. The molecule has 3 nitrogen and oxygen atoms in total. The Morgan fingerprint density at radius 3 is 2.93 bits per heavy atom. The molecule has 0 spiro atoms. The molecule has 15 heavy (non-hydrogen) atoms. The summed E-state index contributed by atoms with van der Waals surface area (Å²) in [6, 6.07) is 8.24. The predicted octanol–water partition coefficient (Wildman–Crippen LogP) is 3.33. The average Bonchev–Trinajstić information content (AvgIpc) is 2.63. The molecule has 0 bridgehead atoms. The molecule has 2 rings (SSSR count). The lowest BCUT2D eigenvalue weighted by Gasteiger charge is -2.02. The van der Waals surface area contributed by atoms with Gasteiger partial charge in [-0.25, -0.2) is 5.16 Å². The van der Waals surface area contributed by atoms with E-state index in [1.165, 1.54) is 10.5 Å². The Hall–Kier alpha value is -1.07. The molecular weight excluding hydrogens is 228 g/mol. The van der Waals surface area contributed by atoms with Crippen molar-refractivity contribution in [3.05, 3.63) is 40.5 Å². The van der Waals surface area contributed by atoms with E-state index in [1.54, 1.807) is 11.8 Å². The maximum absolute atomic E-state index is 4.85. The number of aromatic nitrogens is 2. The average molecular weight is 238 g/mol. The number of nitrogens with zero attached hydrogens (tertiary/aromatic N) is 1. The fourth-order valence-electron chi connectivity index (χ4n) is 1.18. The standard InChI is InChI=1S/C10H10N2OS2/c1-7-4-2-3-5-8(7)15-6-9-11-10(14)13-12-9/h2-5H,6H2,1H3,(H,11,12,14). The summed E-state index contributed by atoms with van der Waals surface area (Å²) in [4.78, 5) is 5.54. The molecule has 0 aliphatic carbocycles. The van der Waals surface area contributed by atoms with Crippen LogP contribution in [0, 0.1) is 11.8 Å². The van der Waals surface area contributed by atoms with Crippen LogP contribution in [0.2, 0.25) is 0 Å². The van der Waals surface area contributed by atoms with Crippen LogP contribution in [0.25, 0.3) is 0 Å². The zero-order valence-electron chi connectivity index (χ0n) is 8.19. The van der Waals surface area contributed by atoms with Crippen LogP contribution in [0.3, 0.4) is 0 Å². The minimum Gasteiger partial charge on any atom is -0.348 e. The van der Waals surface area contributed by atoms with Crippen molar-refractivity contribution < 1.29 is 4.52 Å². The Labute approximate surface area is 96.9 Å². The molecule has 5 heteroatoms. The van der Waals surface area contributed by atoms with Gasteiger partial charge in [-0.1, -0.05) is 18.2 Å². The molecule has 0 radical (unpaired) electrons. The Kier molecular flexibility index (Phi) is 3.23. The number of aryl methyl sites for hydroxylation is 1. The lowest BCUT2D eigenvalue weighted by molar-refractivity contribution is 0.400. The van der Waals surface area contributed by atoms with E-state index in [2.05, 4.69) is 29.2 Å². The van der Waals surface area contributed by atoms with Crippen molar-refractivity contribution in [3.63, 3.8) is 0 Å². The number of H-pyrrole nitrogens is 1. The summed E-state index contributed by atoms with van der Waals surface area (Å²) in [5.41, 5.74) is 1.27. The van der Waals surface area contributed by atoms with E-state index >= 15 is 0 Å². The van der Waals surface area contributed by atoms with Gasteiger partial charge in [0.2, 0.25) is 0 Å². The largest absolute Gasteiger partial charge is 0.348 e. The highest BCUT2D eigenvalue weighted by molar-refractivity contribution is 7.98. The van der Waals surface area contributed by atoms with Gasteiger partial charge in [0, 0.05) is 4.90 Å². The quantitative estimate of drug-likeness (QED) is 0.658. The normalized spacial score (nSPS) is 10.5. The number of benzene rings is 1. The fourth-order valence-corrected chi connectivity index (χ4v) is 2.22. The lowest BCUT2D eigenvalue weighted by Crippen LogP contribution is -1.84. The summed E-state index contributed by atoms with van der Waals surface area (Å²) < 4.78 is 4.85. The zero-order valence-corrected chi connectivity index (χ0v) is 9.82. The van der Waals surface area contributed by atoms with Crippen LogP contribution in [0.1, 0.15) is 11.4 Å². The molecule has 1 heterocycles. The third kappa shape index (κ3) is 2.70. The maximum Gasteiger partial charge on any atom is 0.314 e. The van der Waals surface area contributed by atoms with E-state index in [9.17, 15) is 0 Å². The number of aromatic amines is 1. The Bertz CT molecular complexity index is 504. The molecule has 0 aliphatic heterocycles. The second kappa shape index (κ2) is 4.63. The second-order valence-corrected chi connectivity index (χ2v) is 4.45. The van der Waals surface area contributed by atoms with E-state index < -0.39 is 0 Å². The van der Waals surface area contributed by atoms with Crippen LogP contribution in [-0.2, 0) is 5.75 Å². The van der Waals surface area contributed by atoms with Crippen LogP contribution in [0.5, 0.6) is 0 Å². The third-order valence-corrected chi connectivity index (χ3v) is 3.30. The number of rotatable bonds is 3. The summed E-state index contributed by atoms with van der Waals surface area (Å²) in [6.07, 6.45) is 0. The SMILES string of the molecule is Cc1ccccc1SCc1nc(=S)o[nH]1. The first kappa shape index (κ1) is 10.4. The van der Waals surface area contributed by atoms with Crippen molar-refractivity contribution in [1.29, 1.82) is 0 Å². The first-order valence-electron chi connectivity index (χ1n) is 4.48. The van der Waals surface area contributed by atoms with E-state index in [0.717, 1.165) is 11.6 Å². The molecule has 0 fully saturated rings. The maximum atomic E-state index is 4.85. The molecule has 1 aromatic heterocycles. The number of thioether (sulfide) groups is 1. The van der Waals surface area contributed by atoms with Gasteiger partial charge in [-0.15, -0.1) is 11.8 Å². The summed E-state index contributed by atoms with van der Waals surface area (Å²) in [5.74, 6) is 1.51. The molecular formula is C10H10N2OS2. The smallest absolute Gasteiger partial charge is 0.314 e. The molecule has 0 saturated carbocycles. The highest BCUT2D eigenvalue weighted by atomic mass is 32.2. The fraction of sp³-hybridized carbons (Fsp3) is 0.200. The summed E-state index contributed by atoms with van der Waals surface area (Å²) in [6.45, 7) is 2.09. The van der Waals surface area contributed by atoms with Gasteiger partial charge in [-0.05, 0) is 30.8 Å². The molecule has 2 aromatic rings. The predicted molar refractivity (Wildman–Crippen MR) is 62.4 cm³/mol. The van der Waals surface area contributed by atoms with Crippen molar-refractivity contribution in [2.75, 3.05) is 0 Å². The zero-order chi connectivity index (χ0) is 10.7. The Morgan fingerprint density at radius 1 is 1.47 bits per heavy atom. The van der Waals surface area contributed by atoms with Crippen molar-refractivity contribution in [1.82, 2.24) is 10.1 Å². The first-order chi connectivity index (χ1) is 7.25. The van der Waals surface area contributed by atoms with Crippen LogP contribution < -0.4 is 0 Å².